The molecule has 0 saturated heterocycles. The van der Waals surface area contributed by atoms with Crippen LogP contribution in [0.4, 0.5) is 0 Å². The average molecular weight is 813 g/mol. The first-order valence-electron chi connectivity index (χ1n) is 15.4. The summed E-state index contributed by atoms with van der Waals surface area (Å²) in [5, 5.41) is 9.43. The summed E-state index contributed by atoms with van der Waals surface area (Å²) in [7, 11) is 10.8. The van der Waals surface area contributed by atoms with Gasteiger partial charge < -0.3 is 28.4 Å². The summed E-state index contributed by atoms with van der Waals surface area (Å²) in [6.45, 7) is 0. The van der Waals surface area contributed by atoms with E-state index in [9.17, 15) is 9.59 Å². The van der Waals surface area contributed by atoms with Crippen LogP contribution in [0.5, 0.6) is 23.0 Å². The van der Waals surface area contributed by atoms with Gasteiger partial charge in [-0.25, -0.2) is 10.4 Å². The Morgan fingerprint density at radius 1 is 0.627 bits per heavy atom. The van der Waals surface area contributed by atoms with E-state index in [0.29, 0.717) is 23.0 Å². The molecule has 0 aliphatic carbocycles. The molecule has 0 fully saturated rings. The van der Waals surface area contributed by atoms with E-state index >= 15 is 0 Å². The summed E-state index contributed by atoms with van der Waals surface area (Å²) in [6, 6.07) is 29.3. The first-order valence-corrected chi connectivity index (χ1v) is 17.6. The molecule has 4 rings (SSSR count). The lowest BCUT2D eigenvalue weighted by Gasteiger charge is -2.19. The zero-order valence-corrected chi connectivity index (χ0v) is 32.2. The molecule has 0 radical (unpaired) electrons. The lowest BCUT2D eigenvalue weighted by molar-refractivity contribution is -0.141. The van der Waals surface area contributed by atoms with Crippen molar-refractivity contribution in [2.75, 3.05) is 54.6 Å². The van der Waals surface area contributed by atoms with Crippen LogP contribution < -0.4 is 24.4 Å². The van der Waals surface area contributed by atoms with E-state index < -0.39 is 12.2 Å². The van der Waals surface area contributed by atoms with Crippen molar-refractivity contribution in [1.82, 2.24) is 10.4 Å². The molecular weight excluding hydrogens is 767 g/mol. The van der Waals surface area contributed by atoms with Gasteiger partial charge >= 0.3 is 0 Å². The van der Waals surface area contributed by atoms with Crippen LogP contribution in [0.1, 0.15) is 34.5 Å². The van der Waals surface area contributed by atoms with E-state index in [4.69, 9.17) is 28.4 Å². The minimum absolute atomic E-state index is 0.259. The van der Waals surface area contributed by atoms with Gasteiger partial charge in [-0.3, -0.25) is 9.59 Å². The van der Waals surface area contributed by atoms with Crippen molar-refractivity contribution in [3.8, 4) is 23.0 Å². The molecular formula is C38H45IN4O8. The van der Waals surface area contributed by atoms with Gasteiger partial charge in [0.2, 0.25) is 0 Å². The first-order chi connectivity index (χ1) is 24.8. The number of likely N-dealkylation sites (N-methyl/N-ethyl adjacent to an activating group) is 1. The highest BCUT2D eigenvalue weighted by Gasteiger charge is 2.23. The quantitative estimate of drug-likeness (QED) is 0.0664. The zero-order valence-electron chi connectivity index (χ0n) is 30.0. The van der Waals surface area contributed by atoms with Gasteiger partial charge in [-0.15, -0.1) is 0 Å². The maximum absolute atomic E-state index is 12.6. The van der Waals surface area contributed by atoms with Crippen molar-refractivity contribution in [2.45, 2.75) is 12.2 Å². The molecule has 0 aliphatic rings. The number of benzene rings is 4. The number of nitrogens with one attached hydrogen (secondary N) is 1. The van der Waals surface area contributed by atoms with Crippen molar-refractivity contribution in [1.29, 1.82) is 0 Å². The second-order valence-electron chi connectivity index (χ2n) is 10.1. The third kappa shape index (κ3) is 13.0. The molecule has 2 atom stereocenters. The second kappa shape index (κ2) is 23.4. The van der Waals surface area contributed by atoms with Gasteiger partial charge in [0, 0.05) is 21.3 Å². The number of carbonyl (C=O) groups is 2. The van der Waals surface area contributed by atoms with Crippen LogP contribution in [0.15, 0.2) is 107 Å². The van der Waals surface area contributed by atoms with Crippen LogP contribution in [0.3, 0.4) is 0 Å². The van der Waals surface area contributed by atoms with Gasteiger partial charge in [0.25, 0.3) is 11.8 Å². The fourth-order valence-electron chi connectivity index (χ4n) is 4.50. The summed E-state index contributed by atoms with van der Waals surface area (Å²) in [6.07, 6.45) is 1.69. The van der Waals surface area contributed by atoms with Crippen LogP contribution in [0, 0.1) is 0 Å². The predicted molar refractivity (Wildman–Crippen MR) is 208 cm³/mol. The Morgan fingerprint density at radius 3 is 1.49 bits per heavy atom. The molecule has 0 saturated carbocycles. The minimum Gasteiger partial charge on any atom is -0.493 e. The molecule has 0 bridgehead atoms. The van der Waals surface area contributed by atoms with E-state index in [2.05, 4.69) is 38.2 Å². The molecule has 1 N–H and O–H groups in total. The minimum atomic E-state index is -0.714. The standard InChI is InChI=1S/C19H22N2O4.C18H20N2O4.CH3I/c1-21(19(22)18(25-4)15-8-6-5-7-9-15)20-13-14-10-11-16(23-2)17(12-14)24-3;1-22-15-10-9-13(11-16(15)23-2)12-19-20-18(21)17(24-3)14-7-5-4-6-8-14;1-2/h5-13,18H,1-4H3;4-12,17H,1-3H3,(H,20,21);1H3/b20-13+;19-12+;. The highest BCUT2D eigenvalue weighted by molar-refractivity contribution is 14.1. The van der Waals surface area contributed by atoms with Gasteiger partial charge in [-0.1, -0.05) is 83.3 Å². The Morgan fingerprint density at radius 2 is 1.06 bits per heavy atom. The Kier molecular flexibility index (Phi) is 19.4. The lowest BCUT2D eigenvalue weighted by atomic mass is 10.1. The highest BCUT2D eigenvalue weighted by Crippen LogP contribution is 2.28. The lowest BCUT2D eigenvalue weighted by Crippen LogP contribution is -2.28. The second-order valence-corrected chi connectivity index (χ2v) is 10.1. The van der Waals surface area contributed by atoms with Crippen molar-refractivity contribution < 1.29 is 38.0 Å². The number of amides is 2. The third-order valence-electron chi connectivity index (χ3n) is 7.04. The molecule has 4 aromatic rings. The largest absolute Gasteiger partial charge is 0.493 e. The predicted octanol–water partition coefficient (Wildman–Crippen LogP) is 6.48. The van der Waals surface area contributed by atoms with Gasteiger partial charge in [-0.05, 0) is 63.6 Å². The summed E-state index contributed by atoms with van der Waals surface area (Å²) >= 11 is 2.15. The molecule has 12 nitrogen and oxygen atoms in total. The summed E-state index contributed by atoms with van der Waals surface area (Å²) in [5.41, 5.74) is 5.57. The summed E-state index contributed by atoms with van der Waals surface area (Å²) < 4.78 is 31.4. The van der Waals surface area contributed by atoms with Gasteiger partial charge in [0.05, 0.1) is 40.9 Å². The molecule has 2 amide bonds. The first kappa shape index (κ1) is 42.2. The Labute approximate surface area is 313 Å². The molecule has 13 heteroatoms. The monoisotopic (exact) mass is 812 g/mol. The van der Waals surface area contributed by atoms with E-state index in [1.165, 1.54) is 25.4 Å². The van der Waals surface area contributed by atoms with Crippen molar-refractivity contribution in [3.63, 3.8) is 0 Å². The van der Waals surface area contributed by atoms with Crippen molar-refractivity contribution >= 4 is 46.8 Å². The normalized spacial score (nSPS) is 11.6. The summed E-state index contributed by atoms with van der Waals surface area (Å²) in [5.74, 6) is 1.84. The van der Waals surface area contributed by atoms with Gasteiger partial charge in [0.1, 0.15) is 0 Å². The molecule has 0 heterocycles. The Balaban J connectivity index is 0.000000337. The smallest absolute Gasteiger partial charge is 0.276 e. The zero-order chi connectivity index (χ0) is 37.6. The van der Waals surface area contributed by atoms with Crippen LogP contribution in [-0.2, 0) is 19.1 Å². The number of ether oxygens (including phenoxy) is 6. The number of hydrogen-bond donors (Lipinski definition) is 1. The number of rotatable bonds is 14. The molecule has 0 aliphatic heterocycles. The molecule has 2 unspecified atom stereocenters. The average Bonchev–Trinajstić information content (AvgIpc) is 3.19. The molecule has 0 aromatic heterocycles. The van der Waals surface area contributed by atoms with Gasteiger partial charge in [0.15, 0.2) is 35.2 Å². The molecule has 272 valence electrons. The number of halogens is 1. The number of methoxy groups -OCH3 is 6. The number of nitrogens with zero attached hydrogens (tertiary/aromatic N) is 3. The van der Waals surface area contributed by atoms with Crippen molar-refractivity contribution in [3.05, 3.63) is 119 Å². The van der Waals surface area contributed by atoms with E-state index in [1.54, 1.807) is 66.0 Å². The number of alkyl halides is 1. The van der Waals surface area contributed by atoms with Crippen LogP contribution in [0.25, 0.3) is 0 Å². The number of hydrazone groups is 2. The topological polar surface area (TPSA) is 130 Å². The summed E-state index contributed by atoms with van der Waals surface area (Å²) in [4.78, 5) is 26.7. The maximum atomic E-state index is 12.6. The molecule has 51 heavy (non-hydrogen) atoms. The Bertz CT molecular complexity index is 1690. The van der Waals surface area contributed by atoms with Crippen LogP contribution >= 0.6 is 22.6 Å². The van der Waals surface area contributed by atoms with Gasteiger partial charge in [-0.2, -0.15) is 10.2 Å². The Hall–Kier alpha value is -4.99. The highest BCUT2D eigenvalue weighted by atomic mass is 127. The van der Waals surface area contributed by atoms with Crippen molar-refractivity contribution in [2.24, 2.45) is 10.2 Å². The molecule has 0 spiro atoms. The van der Waals surface area contributed by atoms with E-state index in [0.717, 1.165) is 22.3 Å². The van der Waals surface area contributed by atoms with Crippen LogP contribution in [0.2, 0.25) is 0 Å². The number of hydrogen-bond acceptors (Lipinski definition) is 10. The van der Waals surface area contributed by atoms with E-state index in [1.807, 2.05) is 77.7 Å². The fourth-order valence-corrected chi connectivity index (χ4v) is 4.50. The number of carbonyl (C=O) groups excluding carboxylic acids is 2. The maximum Gasteiger partial charge on any atom is 0.276 e. The third-order valence-corrected chi connectivity index (χ3v) is 7.04. The SMILES string of the molecule is CI.COc1ccc(/C=N/N(C)C(=O)C(OC)c2ccccc2)cc1OC.COc1ccc(/C=N/NC(=O)C(OC)c2ccccc2)cc1OC. The van der Waals surface area contributed by atoms with E-state index in [-0.39, 0.29) is 11.8 Å². The van der Waals surface area contributed by atoms with Crippen LogP contribution in [-0.4, -0.2) is 83.9 Å². The molecule has 4 aromatic carbocycles. The fraction of sp³-hybridized carbons (Fsp3) is 0.263.